The maximum Gasteiger partial charge on any atom is 0.253 e. The van der Waals surface area contributed by atoms with Gasteiger partial charge in [0.15, 0.2) is 4.96 Å². The number of nitrogens with zero attached hydrogens (tertiary/aromatic N) is 5. The van der Waals surface area contributed by atoms with E-state index in [0.29, 0.717) is 36.0 Å². The molecule has 1 amide bonds. The zero-order valence-corrected chi connectivity index (χ0v) is 20.5. The van der Waals surface area contributed by atoms with Crippen molar-refractivity contribution in [2.45, 2.75) is 18.9 Å². The van der Waals surface area contributed by atoms with Crippen LogP contribution in [-0.4, -0.2) is 49.3 Å². The molecule has 1 saturated heterocycles. The van der Waals surface area contributed by atoms with Crippen LogP contribution in [0.5, 0.6) is 0 Å². The predicted octanol–water partition coefficient (Wildman–Crippen LogP) is 5.51. The number of thiazole rings is 1. The highest BCUT2D eigenvalue weighted by Crippen LogP contribution is 2.33. The summed E-state index contributed by atoms with van der Waals surface area (Å²) >= 11 is 1.51. The van der Waals surface area contributed by atoms with Crippen LogP contribution < -0.4 is 5.32 Å². The van der Waals surface area contributed by atoms with E-state index in [0.717, 1.165) is 29.1 Å². The minimum absolute atomic E-state index is 0.0310. The van der Waals surface area contributed by atoms with E-state index in [1.807, 2.05) is 22.0 Å². The van der Waals surface area contributed by atoms with Crippen LogP contribution in [0.3, 0.4) is 0 Å². The molecule has 10 heteroatoms. The molecular formula is C27H22F2N6OS. The van der Waals surface area contributed by atoms with Crippen LogP contribution in [-0.2, 0) is 0 Å². The third-order valence-electron chi connectivity index (χ3n) is 6.41. The van der Waals surface area contributed by atoms with Gasteiger partial charge in [-0.15, -0.1) is 11.3 Å². The molecule has 2 aromatic carbocycles. The summed E-state index contributed by atoms with van der Waals surface area (Å²) in [5, 5.41) is 5.34. The van der Waals surface area contributed by atoms with E-state index < -0.39 is 0 Å². The molecule has 0 bridgehead atoms. The van der Waals surface area contributed by atoms with Crippen molar-refractivity contribution in [3.63, 3.8) is 0 Å². The van der Waals surface area contributed by atoms with E-state index in [1.165, 1.54) is 47.7 Å². The second-order valence-electron chi connectivity index (χ2n) is 8.88. The molecule has 0 saturated carbocycles. The number of amides is 1. The van der Waals surface area contributed by atoms with Gasteiger partial charge in [0.1, 0.15) is 17.3 Å². The first kappa shape index (κ1) is 23.2. The summed E-state index contributed by atoms with van der Waals surface area (Å²) < 4.78 is 28.8. The fourth-order valence-corrected chi connectivity index (χ4v) is 5.35. The van der Waals surface area contributed by atoms with E-state index in [1.54, 1.807) is 23.2 Å². The van der Waals surface area contributed by atoms with E-state index >= 15 is 0 Å². The van der Waals surface area contributed by atoms with Gasteiger partial charge in [-0.25, -0.2) is 23.7 Å². The van der Waals surface area contributed by atoms with Gasteiger partial charge in [-0.3, -0.25) is 9.20 Å². The number of anilines is 1. The van der Waals surface area contributed by atoms with E-state index in [-0.39, 0.29) is 23.6 Å². The van der Waals surface area contributed by atoms with Gasteiger partial charge in [-0.1, -0.05) is 0 Å². The highest BCUT2D eigenvalue weighted by Gasteiger charge is 2.25. The SMILES string of the molecule is O=C(c1ccc(F)cc1)N1CCCC(Nc2nccc(-c3c(-c4ccc(F)cc4)nc4sccn34)n2)C1. The Morgan fingerprint density at radius 1 is 1.00 bits per heavy atom. The maximum absolute atomic E-state index is 13.5. The van der Waals surface area contributed by atoms with E-state index in [4.69, 9.17) is 9.97 Å². The Labute approximate surface area is 215 Å². The molecule has 1 aliphatic rings. The first-order chi connectivity index (χ1) is 18.0. The van der Waals surface area contributed by atoms with Gasteiger partial charge in [0.25, 0.3) is 5.91 Å². The van der Waals surface area contributed by atoms with Crippen molar-refractivity contribution in [1.82, 2.24) is 24.3 Å². The molecule has 3 aromatic heterocycles. The monoisotopic (exact) mass is 516 g/mol. The molecule has 1 fully saturated rings. The van der Waals surface area contributed by atoms with Gasteiger partial charge in [0, 0.05) is 48.0 Å². The molecule has 37 heavy (non-hydrogen) atoms. The molecule has 0 aliphatic carbocycles. The lowest BCUT2D eigenvalue weighted by Crippen LogP contribution is -2.45. The molecule has 5 aromatic rings. The molecule has 186 valence electrons. The number of likely N-dealkylation sites (tertiary alicyclic amines) is 1. The number of imidazole rings is 1. The fourth-order valence-electron chi connectivity index (χ4n) is 4.64. The zero-order valence-electron chi connectivity index (χ0n) is 19.6. The number of aromatic nitrogens is 4. The van der Waals surface area contributed by atoms with Gasteiger partial charge in [0.05, 0.1) is 11.4 Å². The van der Waals surface area contributed by atoms with Crippen LogP contribution in [0.1, 0.15) is 23.2 Å². The smallest absolute Gasteiger partial charge is 0.253 e. The van der Waals surface area contributed by atoms with Crippen LogP contribution in [0.2, 0.25) is 0 Å². The van der Waals surface area contributed by atoms with Crippen LogP contribution in [0.4, 0.5) is 14.7 Å². The summed E-state index contributed by atoms with van der Waals surface area (Å²) in [4.78, 5) is 29.5. The number of halogens is 2. The Hall–Kier alpha value is -4.18. The molecule has 1 unspecified atom stereocenters. The predicted molar refractivity (Wildman–Crippen MR) is 138 cm³/mol. The van der Waals surface area contributed by atoms with E-state index in [9.17, 15) is 13.6 Å². The third kappa shape index (κ3) is 4.67. The standard InChI is InChI=1S/C27H22F2N6OS/c28-19-7-3-17(4-8-19)23-24(35-14-15-37-27(35)33-23)22-11-12-30-26(32-22)31-21-2-1-13-34(16-21)25(36)18-5-9-20(29)10-6-18/h3-12,14-15,21H,1-2,13,16H2,(H,30,31,32). The quantitative estimate of drug-likeness (QED) is 0.333. The van der Waals surface area contributed by atoms with Crippen molar-refractivity contribution in [2.24, 2.45) is 0 Å². The van der Waals surface area contributed by atoms with Gasteiger partial charge >= 0.3 is 0 Å². The molecule has 4 heterocycles. The summed E-state index contributed by atoms with van der Waals surface area (Å²) in [5.74, 6) is -0.343. The van der Waals surface area contributed by atoms with Crippen molar-refractivity contribution >= 4 is 28.2 Å². The summed E-state index contributed by atoms with van der Waals surface area (Å²) in [6.07, 6.45) is 5.32. The minimum atomic E-state index is -0.368. The summed E-state index contributed by atoms with van der Waals surface area (Å²) in [7, 11) is 0. The molecule has 1 aliphatic heterocycles. The highest BCUT2D eigenvalue weighted by atomic mass is 32.1. The van der Waals surface area contributed by atoms with Crippen molar-refractivity contribution in [3.8, 4) is 22.6 Å². The van der Waals surface area contributed by atoms with Crippen LogP contribution in [0.15, 0.2) is 72.4 Å². The number of piperidine rings is 1. The average Bonchev–Trinajstić information content (AvgIpc) is 3.51. The van der Waals surface area contributed by atoms with Crippen molar-refractivity contribution in [1.29, 1.82) is 0 Å². The second-order valence-corrected chi connectivity index (χ2v) is 9.75. The number of benzene rings is 2. The first-order valence-corrected chi connectivity index (χ1v) is 12.8. The number of nitrogens with one attached hydrogen (secondary N) is 1. The first-order valence-electron chi connectivity index (χ1n) is 11.9. The van der Waals surface area contributed by atoms with Gasteiger partial charge in [0.2, 0.25) is 5.95 Å². The summed E-state index contributed by atoms with van der Waals surface area (Å²) in [6.45, 7) is 1.13. The largest absolute Gasteiger partial charge is 0.350 e. The number of carbonyl (C=O) groups is 1. The molecular weight excluding hydrogens is 494 g/mol. The van der Waals surface area contributed by atoms with Crippen molar-refractivity contribution in [3.05, 3.63) is 89.6 Å². The number of carbonyl (C=O) groups excluding carboxylic acids is 1. The van der Waals surface area contributed by atoms with Crippen molar-refractivity contribution < 1.29 is 13.6 Å². The minimum Gasteiger partial charge on any atom is -0.350 e. The highest BCUT2D eigenvalue weighted by molar-refractivity contribution is 7.15. The summed E-state index contributed by atoms with van der Waals surface area (Å²) in [6, 6.07) is 13.7. The maximum atomic E-state index is 13.5. The molecule has 0 radical (unpaired) electrons. The molecule has 0 spiro atoms. The number of hydrogen-bond acceptors (Lipinski definition) is 6. The van der Waals surface area contributed by atoms with E-state index in [2.05, 4.69) is 10.3 Å². The van der Waals surface area contributed by atoms with Crippen LogP contribution in [0.25, 0.3) is 27.6 Å². The van der Waals surface area contributed by atoms with Gasteiger partial charge in [-0.2, -0.15) is 0 Å². The summed E-state index contributed by atoms with van der Waals surface area (Å²) in [5.41, 5.74) is 3.45. The van der Waals surface area contributed by atoms with Crippen molar-refractivity contribution in [2.75, 3.05) is 18.4 Å². The second kappa shape index (κ2) is 9.70. The number of fused-ring (bicyclic) bond motifs is 1. The molecule has 1 N–H and O–H groups in total. The molecule has 7 nitrogen and oxygen atoms in total. The Morgan fingerprint density at radius 2 is 1.76 bits per heavy atom. The van der Waals surface area contributed by atoms with Crippen LogP contribution >= 0.6 is 11.3 Å². The number of rotatable bonds is 5. The Kier molecular flexibility index (Phi) is 6.09. The molecule has 1 atom stereocenters. The average molecular weight is 517 g/mol. The Balaban J connectivity index is 1.26. The van der Waals surface area contributed by atoms with Crippen LogP contribution in [0, 0.1) is 11.6 Å². The van der Waals surface area contributed by atoms with Gasteiger partial charge < -0.3 is 10.2 Å². The third-order valence-corrected chi connectivity index (χ3v) is 7.17. The normalized spacial score (nSPS) is 15.7. The topological polar surface area (TPSA) is 75.4 Å². The number of hydrogen-bond donors (Lipinski definition) is 1. The van der Waals surface area contributed by atoms with Gasteiger partial charge in [-0.05, 0) is 67.4 Å². The lowest BCUT2D eigenvalue weighted by Gasteiger charge is -2.33. The Bertz CT molecular complexity index is 1560. The lowest BCUT2D eigenvalue weighted by molar-refractivity contribution is 0.0714. The molecule has 6 rings (SSSR count). The lowest BCUT2D eigenvalue weighted by atomic mass is 10.0. The zero-order chi connectivity index (χ0) is 25.4. The Morgan fingerprint density at radius 3 is 2.54 bits per heavy atom. The fraction of sp³-hybridized carbons (Fsp3) is 0.185.